The Balaban J connectivity index is 1.59. The first kappa shape index (κ1) is 15.9. The van der Waals surface area contributed by atoms with E-state index in [-0.39, 0.29) is 6.09 Å². The summed E-state index contributed by atoms with van der Waals surface area (Å²) in [7, 11) is 0. The van der Waals surface area contributed by atoms with Crippen LogP contribution in [0.2, 0.25) is 14.8 Å². The Morgan fingerprint density at radius 1 is 1.27 bits per heavy atom. The summed E-state index contributed by atoms with van der Waals surface area (Å²) >= 11 is -1.98. The van der Waals surface area contributed by atoms with Crippen LogP contribution in [-0.2, 0) is 11.3 Å². The fourth-order valence-electron chi connectivity index (χ4n) is 3.47. The Bertz CT molecular complexity index is 576. The van der Waals surface area contributed by atoms with Crippen molar-refractivity contribution in [2.75, 3.05) is 6.54 Å². The topological polar surface area (TPSA) is 29.5 Å². The molecule has 1 aromatic rings. The Labute approximate surface area is 137 Å². The van der Waals surface area contributed by atoms with Crippen LogP contribution in [0.1, 0.15) is 18.4 Å². The maximum atomic E-state index is 12.4. The third-order valence-corrected chi connectivity index (χ3v) is 11.4. The summed E-state index contributed by atoms with van der Waals surface area (Å²) in [5.41, 5.74) is 1.04. The van der Waals surface area contributed by atoms with Gasteiger partial charge in [-0.25, -0.2) is 0 Å². The van der Waals surface area contributed by atoms with Gasteiger partial charge in [0.05, 0.1) is 0 Å². The predicted octanol–water partition coefficient (Wildman–Crippen LogP) is 4.22. The molecule has 0 radical (unpaired) electrons. The molecule has 2 unspecified atom stereocenters. The molecule has 0 saturated carbocycles. The van der Waals surface area contributed by atoms with Crippen LogP contribution in [0.4, 0.5) is 4.79 Å². The average molecular weight is 406 g/mol. The van der Waals surface area contributed by atoms with Crippen LogP contribution in [0.3, 0.4) is 0 Å². The van der Waals surface area contributed by atoms with Gasteiger partial charge in [0.2, 0.25) is 0 Å². The maximum absolute atomic E-state index is 12.4. The van der Waals surface area contributed by atoms with Crippen LogP contribution in [0, 0.1) is 5.92 Å². The molecule has 118 valence electrons. The summed E-state index contributed by atoms with van der Waals surface area (Å²) in [6.07, 6.45) is 4.53. The predicted molar refractivity (Wildman–Crippen MR) is 91.3 cm³/mol. The molecule has 3 rings (SSSR count). The Kier molecular flexibility index (Phi) is 4.53. The van der Waals surface area contributed by atoms with Gasteiger partial charge in [-0.2, -0.15) is 0 Å². The van der Waals surface area contributed by atoms with Gasteiger partial charge in [-0.15, -0.1) is 0 Å². The number of carbonyl (C=O) groups is 1. The van der Waals surface area contributed by atoms with Gasteiger partial charge in [-0.1, -0.05) is 0 Å². The normalized spacial score (nSPS) is 24.1. The minimum absolute atomic E-state index is 0.143. The van der Waals surface area contributed by atoms with Gasteiger partial charge in [-0.05, 0) is 0 Å². The molecule has 4 heteroatoms. The average Bonchev–Trinajstić information content (AvgIpc) is 3.05. The van der Waals surface area contributed by atoms with Crippen LogP contribution in [0.25, 0.3) is 0 Å². The molecule has 0 N–H and O–H groups in total. The zero-order chi connectivity index (χ0) is 15.7. The molecule has 1 aromatic carbocycles. The number of amides is 1. The minimum atomic E-state index is -1.98. The van der Waals surface area contributed by atoms with Crippen LogP contribution >= 0.6 is 0 Å². The summed E-state index contributed by atoms with van der Waals surface area (Å²) < 4.78 is 7.21. The summed E-state index contributed by atoms with van der Waals surface area (Å²) in [4.78, 5) is 21.8. The summed E-state index contributed by atoms with van der Waals surface area (Å²) in [6, 6.07) is 10.2. The van der Waals surface area contributed by atoms with E-state index in [0.29, 0.717) is 18.6 Å². The standard InChI is InChI=1S/C15H16NO2.3CH3.Sn/c17-15(18-11-12-5-2-1-3-6-12)16-10-9-13-7-4-8-14(13)16;;;;/h1-3,5-7,13-14H,8-11H2;3*1H3;. The molecule has 1 aliphatic carbocycles. The molecule has 2 atom stereocenters. The van der Waals surface area contributed by atoms with Crippen LogP contribution in [0.15, 0.2) is 40.0 Å². The van der Waals surface area contributed by atoms with Gasteiger partial charge in [0.15, 0.2) is 0 Å². The number of fused-ring (bicyclic) bond motifs is 1. The second kappa shape index (κ2) is 6.26. The molecule has 0 aromatic heterocycles. The number of hydrogen-bond donors (Lipinski definition) is 0. The number of ether oxygens (including phenoxy) is 1. The molecule has 0 bridgehead atoms. The fraction of sp³-hybridized carbons (Fsp3) is 0.500. The SMILES string of the molecule is [CH3][Sn]([CH3])([CH3])[C]1=CC2CCN(C(=O)OCc3ccccc3)C2C1. The molecule has 2 aliphatic rings. The molecule has 22 heavy (non-hydrogen) atoms. The first-order chi connectivity index (χ1) is 10.4. The molecule has 3 nitrogen and oxygen atoms in total. The van der Waals surface area contributed by atoms with E-state index in [1.807, 2.05) is 35.2 Å². The van der Waals surface area contributed by atoms with Crippen LogP contribution in [-0.4, -0.2) is 42.0 Å². The zero-order valence-corrected chi connectivity index (χ0v) is 16.6. The van der Waals surface area contributed by atoms with E-state index < -0.39 is 18.4 Å². The third kappa shape index (κ3) is 3.34. The van der Waals surface area contributed by atoms with Crippen molar-refractivity contribution in [1.82, 2.24) is 4.90 Å². The number of nitrogens with zero attached hydrogens (tertiary/aromatic N) is 1. The van der Waals surface area contributed by atoms with Gasteiger partial charge in [0, 0.05) is 0 Å². The number of carbonyl (C=O) groups excluding carboxylic acids is 1. The fourth-order valence-corrected chi connectivity index (χ4v) is 7.85. The number of hydrogen-bond acceptors (Lipinski definition) is 2. The summed E-state index contributed by atoms with van der Waals surface area (Å²) in [5.74, 6) is 0.565. The summed E-state index contributed by atoms with van der Waals surface area (Å²) in [5, 5.41) is 0. The van der Waals surface area contributed by atoms with E-state index >= 15 is 0 Å². The molecule has 1 saturated heterocycles. The van der Waals surface area contributed by atoms with Gasteiger partial charge in [0.1, 0.15) is 0 Å². The summed E-state index contributed by atoms with van der Waals surface area (Å²) in [6.45, 7) is 1.21. The first-order valence-electron chi connectivity index (χ1n) is 8.13. The zero-order valence-electron chi connectivity index (χ0n) is 13.7. The van der Waals surface area contributed by atoms with Gasteiger partial charge >= 0.3 is 137 Å². The Morgan fingerprint density at radius 2 is 2.00 bits per heavy atom. The van der Waals surface area contributed by atoms with E-state index in [9.17, 15) is 4.79 Å². The van der Waals surface area contributed by atoms with E-state index in [1.54, 1.807) is 3.59 Å². The van der Waals surface area contributed by atoms with Crippen molar-refractivity contribution >= 4 is 24.5 Å². The monoisotopic (exact) mass is 407 g/mol. The van der Waals surface area contributed by atoms with Gasteiger partial charge in [0.25, 0.3) is 0 Å². The molecule has 1 amide bonds. The van der Waals surface area contributed by atoms with Gasteiger partial charge < -0.3 is 0 Å². The van der Waals surface area contributed by atoms with E-state index in [0.717, 1.165) is 24.9 Å². The molecule has 1 fully saturated rings. The third-order valence-electron chi connectivity index (χ3n) is 4.85. The van der Waals surface area contributed by atoms with E-state index in [1.165, 1.54) is 0 Å². The van der Waals surface area contributed by atoms with Crippen molar-refractivity contribution in [1.29, 1.82) is 0 Å². The second-order valence-corrected chi connectivity index (χ2v) is 22.1. The van der Waals surface area contributed by atoms with E-state index in [4.69, 9.17) is 4.74 Å². The molecule has 0 spiro atoms. The van der Waals surface area contributed by atoms with Crippen LogP contribution < -0.4 is 0 Å². The molecule has 1 heterocycles. The first-order valence-corrected chi connectivity index (χ1v) is 18.1. The number of benzene rings is 1. The second-order valence-electron chi connectivity index (χ2n) is 7.40. The van der Waals surface area contributed by atoms with Crippen molar-refractivity contribution in [3.63, 3.8) is 0 Å². The van der Waals surface area contributed by atoms with Crippen molar-refractivity contribution in [2.24, 2.45) is 5.92 Å². The van der Waals surface area contributed by atoms with Crippen molar-refractivity contribution in [2.45, 2.75) is 40.3 Å². The van der Waals surface area contributed by atoms with Crippen molar-refractivity contribution in [3.05, 3.63) is 45.6 Å². The van der Waals surface area contributed by atoms with Crippen LogP contribution in [0.5, 0.6) is 0 Å². The Morgan fingerprint density at radius 3 is 2.68 bits per heavy atom. The quantitative estimate of drug-likeness (QED) is 0.704. The van der Waals surface area contributed by atoms with Gasteiger partial charge in [-0.3, -0.25) is 0 Å². The molecule has 1 aliphatic heterocycles. The molecular weight excluding hydrogens is 381 g/mol. The van der Waals surface area contributed by atoms with Crippen molar-refractivity contribution in [3.8, 4) is 0 Å². The number of rotatable bonds is 3. The van der Waals surface area contributed by atoms with E-state index in [2.05, 4.69) is 20.9 Å². The van der Waals surface area contributed by atoms with Crippen molar-refractivity contribution < 1.29 is 9.53 Å². The molecular formula is C18H25NO2Sn. The number of likely N-dealkylation sites (tertiary alicyclic amines) is 1. The Hall–Kier alpha value is -0.971.